The molecule has 2 rings (SSSR count). The Labute approximate surface area is 122 Å². The molecule has 0 radical (unpaired) electrons. The largest absolute Gasteiger partial charge is 0.457 e. The second-order valence-corrected chi connectivity index (χ2v) is 4.87. The predicted molar refractivity (Wildman–Crippen MR) is 76.2 cm³/mol. The maximum Gasteiger partial charge on any atom is 0.338 e. The van der Waals surface area contributed by atoms with Crippen LogP contribution in [0.1, 0.15) is 32.6 Å². The number of nitriles is 1. The molecule has 0 bridgehead atoms. The first-order chi connectivity index (χ1) is 9.99. The Morgan fingerprint density at radius 3 is 2.48 bits per heavy atom. The van der Waals surface area contributed by atoms with Crippen LogP contribution in [0.15, 0.2) is 36.4 Å². The summed E-state index contributed by atoms with van der Waals surface area (Å²) in [5, 5.41) is 8.79. The van der Waals surface area contributed by atoms with Crippen molar-refractivity contribution < 1.29 is 13.9 Å². The molecule has 0 atom stereocenters. The molecule has 3 nitrogen and oxygen atoms in total. The Morgan fingerprint density at radius 1 is 1.19 bits per heavy atom. The maximum atomic E-state index is 13.6. The molecule has 0 N–H and O–H groups in total. The quantitative estimate of drug-likeness (QED) is 0.807. The lowest BCUT2D eigenvalue weighted by Crippen LogP contribution is -2.07. The van der Waals surface area contributed by atoms with Crippen LogP contribution < -0.4 is 0 Å². The third-order valence-corrected chi connectivity index (χ3v) is 2.99. The summed E-state index contributed by atoms with van der Waals surface area (Å²) in [6.07, 6.45) is 0. The van der Waals surface area contributed by atoms with Crippen LogP contribution in [0.4, 0.5) is 4.39 Å². The van der Waals surface area contributed by atoms with E-state index in [-0.39, 0.29) is 12.2 Å². The molecule has 0 aliphatic carbocycles. The minimum absolute atomic E-state index is 0.187. The lowest BCUT2D eigenvalue weighted by Gasteiger charge is -2.08. The van der Waals surface area contributed by atoms with E-state index in [4.69, 9.17) is 10.00 Å². The van der Waals surface area contributed by atoms with Crippen LogP contribution in [0.25, 0.3) is 0 Å². The maximum absolute atomic E-state index is 13.6. The summed E-state index contributed by atoms with van der Waals surface area (Å²) in [5.74, 6) is -1.01. The fraction of sp³-hybridized carbons (Fsp3) is 0.176. The number of hydrogen-bond acceptors (Lipinski definition) is 3. The third-order valence-electron chi connectivity index (χ3n) is 2.99. The van der Waals surface area contributed by atoms with Gasteiger partial charge in [0.2, 0.25) is 0 Å². The highest BCUT2D eigenvalue weighted by Gasteiger charge is 2.11. The standard InChI is InChI=1S/C17H14FNO2/c1-11-5-12(2)7-14(6-11)17(20)21-10-15-8-13(9-19)3-4-16(15)18/h3-8H,10H2,1-2H3. The minimum Gasteiger partial charge on any atom is -0.457 e. The van der Waals surface area contributed by atoms with Crippen LogP contribution in [0.5, 0.6) is 0 Å². The zero-order valence-electron chi connectivity index (χ0n) is 11.8. The second-order valence-electron chi connectivity index (χ2n) is 4.87. The highest BCUT2D eigenvalue weighted by Crippen LogP contribution is 2.14. The smallest absolute Gasteiger partial charge is 0.338 e. The molecule has 0 fully saturated rings. The van der Waals surface area contributed by atoms with Crippen LogP contribution in [-0.2, 0) is 11.3 Å². The number of halogens is 1. The van der Waals surface area contributed by atoms with Crippen LogP contribution in [0, 0.1) is 31.0 Å². The van der Waals surface area contributed by atoms with E-state index < -0.39 is 11.8 Å². The number of carbonyl (C=O) groups is 1. The van der Waals surface area contributed by atoms with Gasteiger partial charge in [-0.25, -0.2) is 9.18 Å². The average Bonchev–Trinajstić information content (AvgIpc) is 2.45. The molecule has 0 aliphatic heterocycles. The number of benzene rings is 2. The van der Waals surface area contributed by atoms with Crippen molar-refractivity contribution in [1.82, 2.24) is 0 Å². The van der Waals surface area contributed by atoms with E-state index >= 15 is 0 Å². The summed E-state index contributed by atoms with van der Waals surface area (Å²) in [7, 11) is 0. The van der Waals surface area contributed by atoms with Gasteiger partial charge in [-0.3, -0.25) is 0 Å². The molecule has 21 heavy (non-hydrogen) atoms. The highest BCUT2D eigenvalue weighted by molar-refractivity contribution is 5.89. The van der Waals surface area contributed by atoms with Gasteiger partial charge in [-0.1, -0.05) is 17.2 Å². The molecule has 2 aromatic rings. The summed E-state index contributed by atoms with van der Waals surface area (Å²) in [4.78, 5) is 12.0. The molecular formula is C17H14FNO2. The van der Waals surface area contributed by atoms with E-state index in [1.807, 2.05) is 26.0 Å². The van der Waals surface area contributed by atoms with Gasteiger partial charge in [0.25, 0.3) is 0 Å². The van der Waals surface area contributed by atoms with Gasteiger partial charge in [0.1, 0.15) is 12.4 Å². The first kappa shape index (κ1) is 14.7. The molecule has 2 aromatic carbocycles. The van der Waals surface area contributed by atoms with E-state index in [0.717, 1.165) is 11.1 Å². The Bertz CT molecular complexity index is 712. The van der Waals surface area contributed by atoms with Crippen molar-refractivity contribution in [2.75, 3.05) is 0 Å². The fourth-order valence-corrected chi connectivity index (χ4v) is 2.07. The second kappa shape index (κ2) is 6.19. The van der Waals surface area contributed by atoms with Crippen LogP contribution in [0.3, 0.4) is 0 Å². The third kappa shape index (κ3) is 3.67. The number of ether oxygens (including phenoxy) is 1. The van der Waals surface area contributed by atoms with E-state index in [1.165, 1.54) is 18.2 Å². The SMILES string of the molecule is Cc1cc(C)cc(C(=O)OCc2cc(C#N)ccc2F)c1. The van der Waals surface area contributed by atoms with Crippen molar-refractivity contribution in [3.8, 4) is 6.07 Å². The molecule has 0 amide bonds. The van der Waals surface area contributed by atoms with Gasteiger partial charge in [-0.05, 0) is 44.2 Å². The van der Waals surface area contributed by atoms with E-state index in [0.29, 0.717) is 11.1 Å². The van der Waals surface area contributed by atoms with Crippen molar-refractivity contribution in [2.45, 2.75) is 20.5 Å². The number of rotatable bonds is 3. The fourth-order valence-electron chi connectivity index (χ4n) is 2.07. The molecule has 0 heterocycles. The first-order valence-electron chi connectivity index (χ1n) is 6.43. The number of nitrogens with zero attached hydrogens (tertiary/aromatic N) is 1. The van der Waals surface area contributed by atoms with Crippen LogP contribution in [-0.4, -0.2) is 5.97 Å². The number of carbonyl (C=O) groups excluding carboxylic acids is 1. The summed E-state index contributed by atoms with van der Waals surface area (Å²) in [5.41, 5.74) is 2.86. The molecular weight excluding hydrogens is 269 g/mol. The lowest BCUT2D eigenvalue weighted by molar-refractivity contribution is 0.0468. The predicted octanol–water partition coefficient (Wildman–Crippen LogP) is 3.67. The number of aryl methyl sites for hydroxylation is 2. The zero-order valence-corrected chi connectivity index (χ0v) is 11.8. The Hall–Kier alpha value is -2.67. The summed E-state index contributed by atoms with van der Waals surface area (Å²) >= 11 is 0. The molecule has 0 unspecified atom stereocenters. The van der Waals surface area contributed by atoms with Crippen LogP contribution >= 0.6 is 0 Å². The minimum atomic E-state index is -0.511. The van der Waals surface area contributed by atoms with Gasteiger partial charge in [0, 0.05) is 5.56 Å². The Morgan fingerprint density at radius 2 is 1.86 bits per heavy atom. The normalized spacial score (nSPS) is 10.0. The van der Waals surface area contributed by atoms with E-state index in [1.54, 1.807) is 12.1 Å². The van der Waals surface area contributed by atoms with Crippen molar-refractivity contribution in [2.24, 2.45) is 0 Å². The molecule has 0 spiro atoms. The molecule has 0 aliphatic rings. The molecule has 0 saturated carbocycles. The summed E-state index contributed by atoms with van der Waals surface area (Å²) in [6, 6.07) is 11.3. The van der Waals surface area contributed by atoms with Crippen molar-refractivity contribution in [3.05, 3.63) is 70.0 Å². The lowest BCUT2D eigenvalue weighted by atomic mass is 10.1. The molecule has 4 heteroatoms. The van der Waals surface area contributed by atoms with Gasteiger partial charge in [-0.15, -0.1) is 0 Å². The van der Waals surface area contributed by atoms with Crippen molar-refractivity contribution in [1.29, 1.82) is 5.26 Å². The van der Waals surface area contributed by atoms with Crippen LogP contribution in [0.2, 0.25) is 0 Å². The van der Waals surface area contributed by atoms with Gasteiger partial charge in [-0.2, -0.15) is 5.26 Å². The first-order valence-corrected chi connectivity index (χ1v) is 6.43. The monoisotopic (exact) mass is 283 g/mol. The Balaban J connectivity index is 2.13. The highest BCUT2D eigenvalue weighted by atomic mass is 19.1. The average molecular weight is 283 g/mol. The van der Waals surface area contributed by atoms with Crippen molar-refractivity contribution >= 4 is 5.97 Å². The van der Waals surface area contributed by atoms with Gasteiger partial charge >= 0.3 is 5.97 Å². The summed E-state index contributed by atoms with van der Waals surface area (Å²) < 4.78 is 18.7. The topological polar surface area (TPSA) is 50.1 Å². The number of esters is 1. The molecule has 106 valence electrons. The van der Waals surface area contributed by atoms with E-state index in [9.17, 15) is 9.18 Å². The van der Waals surface area contributed by atoms with Gasteiger partial charge < -0.3 is 4.74 Å². The number of hydrogen-bond donors (Lipinski definition) is 0. The van der Waals surface area contributed by atoms with Gasteiger partial charge in [0.05, 0.1) is 17.2 Å². The Kier molecular flexibility index (Phi) is 4.34. The molecule has 0 aromatic heterocycles. The molecule has 0 saturated heterocycles. The van der Waals surface area contributed by atoms with Crippen molar-refractivity contribution in [3.63, 3.8) is 0 Å². The summed E-state index contributed by atoms with van der Waals surface area (Å²) in [6.45, 7) is 3.58. The van der Waals surface area contributed by atoms with Gasteiger partial charge in [0.15, 0.2) is 0 Å². The van der Waals surface area contributed by atoms with E-state index in [2.05, 4.69) is 0 Å². The zero-order chi connectivity index (χ0) is 15.4.